The molecule has 0 saturated carbocycles. The molecule has 1 aliphatic rings. The molecule has 1 aliphatic heterocycles. The van der Waals surface area contributed by atoms with E-state index in [1.165, 1.54) is 11.6 Å². The van der Waals surface area contributed by atoms with Crippen molar-refractivity contribution in [2.75, 3.05) is 19.6 Å². The first-order valence-electron chi connectivity index (χ1n) is 7.53. The SMILES string of the molecule is C=CC(=O)NCCC(=O)N1CCC(c2cccc(Br)c2)CC1. The smallest absolute Gasteiger partial charge is 0.243 e. The predicted molar refractivity (Wildman–Crippen MR) is 90.5 cm³/mol. The summed E-state index contributed by atoms with van der Waals surface area (Å²) in [5.41, 5.74) is 1.33. The van der Waals surface area contributed by atoms with Gasteiger partial charge in [-0.15, -0.1) is 0 Å². The van der Waals surface area contributed by atoms with Crippen LogP contribution in [-0.2, 0) is 9.59 Å². The summed E-state index contributed by atoms with van der Waals surface area (Å²) in [6, 6.07) is 8.39. The number of nitrogens with one attached hydrogen (secondary N) is 1. The zero-order valence-corrected chi connectivity index (χ0v) is 14.1. The molecular formula is C17H21BrN2O2. The van der Waals surface area contributed by atoms with Crippen LogP contribution in [-0.4, -0.2) is 36.3 Å². The lowest BCUT2D eigenvalue weighted by Crippen LogP contribution is -2.39. The van der Waals surface area contributed by atoms with E-state index >= 15 is 0 Å². The zero-order chi connectivity index (χ0) is 15.9. The van der Waals surface area contributed by atoms with Crippen LogP contribution < -0.4 is 5.32 Å². The van der Waals surface area contributed by atoms with Gasteiger partial charge < -0.3 is 10.2 Å². The van der Waals surface area contributed by atoms with Gasteiger partial charge in [-0.2, -0.15) is 0 Å². The third-order valence-corrected chi connectivity index (χ3v) is 4.48. The summed E-state index contributed by atoms with van der Waals surface area (Å²) >= 11 is 3.50. The van der Waals surface area contributed by atoms with Crippen LogP contribution in [0.5, 0.6) is 0 Å². The number of benzene rings is 1. The summed E-state index contributed by atoms with van der Waals surface area (Å²) in [4.78, 5) is 25.0. The average Bonchev–Trinajstić information content (AvgIpc) is 2.54. The van der Waals surface area contributed by atoms with Gasteiger partial charge in [-0.25, -0.2) is 0 Å². The van der Waals surface area contributed by atoms with Crippen LogP contribution in [0, 0.1) is 0 Å². The van der Waals surface area contributed by atoms with E-state index in [0.29, 0.717) is 18.9 Å². The summed E-state index contributed by atoms with van der Waals surface area (Å²) in [7, 11) is 0. The number of carbonyl (C=O) groups is 2. The number of piperidine rings is 1. The number of carbonyl (C=O) groups excluding carboxylic acids is 2. The van der Waals surface area contributed by atoms with Crippen LogP contribution >= 0.6 is 15.9 Å². The van der Waals surface area contributed by atoms with Crippen LogP contribution in [0.1, 0.15) is 30.7 Å². The highest BCUT2D eigenvalue weighted by Crippen LogP contribution is 2.29. The van der Waals surface area contributed by atoms with Crippen LogP contribution in [0.2, 0.25) is 0 Å². The normalized spacial score (nSPS) is 15.4. The standard InChI is InChI=1S/C17H21BrN2O2/c1-2-16(21)19-9-6-17(22)20-10-7-13(8-11-20)14-4-3-5-15(18)12-14/h2-5,12-13H,1,6-11H2,(H,19,21). The number of nitrogens with zero attached hydrogens (tertiary/aromatic N) is 1. The molecule has 4 nitrogen and oxygen atoms in total. The number of hydrogen-bond donors (Lipinski definition) is 1. The second-order valence-electron chi connectivity index (χ2n) is 5.46. The second kappa shape index (κ2) is 8.13. The maximum atomic E-state index is 12.1. The van der Waals surface area contributed by atoms with Crippen molar-refractivity contribution in [1.82, 2.24) is 10.2 Å². The van der Waals surface area contributed by atoms with Gasteiger partial charge in [0.15, 0.2) is 0 Å². The molecule has 0 bridgehead atoms. The molecule has 1 heterocycles. The highest BCUT2D eigenvalue weighted by Gasteiger charge is 2.23. The lowest BCUT2D eigenvalue weighted by molar-refractivity contribution is -0.132. The van der Waals surface area contributed by atoms with Crippen LogP contribution in [0.4, 0.5) is 0 Å². The summed E-state index contributed by atoms with van der Waals surface area (Å²) in [6.45, 7) is 5.32. The fourth-order valence-electron chi connectivity index (χ4n) is 2.75. The maximum Gasteiger partial charge on any atom is 0.243 e. The first-order chi connectivity index (χ1) is 10.6. The van der Waals surface area contributed by atoms with E-state index in [2.05, 4.69) is 46.0 Å². The Balaban J connectivity index is 1.78. The minimum atomic E-state index is -0.235. The monoisotopic (exact) mass is 364 g/mol. The number of halogens is 1. The highest BCUT2D eigenvalue weighted by atomic mass is 79.9. The van der Waals surface area contributed by atoms with Crippen molar-refractivity contribution in [3.8, 4) is 0 Å². The van der Waals surface area contributed by atoms with Gasteiger partial charge in [0.2, 0.25) is 11.8 Å². The molecule has 0 aromatic heterocycles. The van der Waals surface area contributed by atoms with Gasteiger partial charge in [-0.1, -0.05) is 34.6 Å². The fraction of sp³-hybridized carbons (Fsp3) is 0.412. The summed E-state index contributed by atoms with van der Waals surface area (Å²) in [5, 5.41) is 2.63. The largest absolute Gasteiger partial charge is 0.352 e. The molecule has 1 aromatic rings. The Bertz CT molecular complexity index is 551. The van der Waals surface area contributed by atoms with Crippen molar-refractivity contribution >= 4 is 27.7 Å². The van der Waals surface area contributed by atoms with Crippen molar-refractivity contribution in [3.63, 3.8) is 0 Å². The van der Waals surface area contributed by atoms with Crippen molar-refractivity contribution in [1.29, 1.82) is 0 Å². The predicted octanol–water partition coefficient (Wildman–Crippen LogP) is 2.85. The molecule has 118 valence electrons. The second-order valence-corrected chi connectivity index (χ2v) is 6.37. The minimum absolute atomic E-state index is 0.108. The quantitative estimate of drug-likeness (QED) is 0.816. The first-order valence-corrected chi connectivity index (χ1v) is 8.33. The number of amides is 2. The Hall–Kier alpha value is -1.62. The maximum absolute atomic E-state index is 12.1. The third kappa shape index (κ3) is 4.70. The summed E-state index contributed by atoms with van der Waals surface area (Å²) in [6.07, 6.45) is 3.54. The lowest BCUT2D eigenvalue weighted by Gasteiger charge is -2.32. The van der Waals surface area contributed by atoms with Crippen LogP contribution in [0.3, 0.4) is 0 Å². The molecule has 0 radical (unpaired) electrons. The number of rotatable bonds is 5. The Labute approximate surface area is 139 Å². The third-order valence-electron chi connectivity index (χ3n) is 3.99. The van der Waals surface area contributed by atoms with Gasteiger partial charge in [0.1, 0.15) is 0 Å². The number of hydrogen-bond acceptors (Lipinski definition) is 2. The molecular weight excluding hydrogens is 344 g/mol. The van der Waals surface area contributed by atoms with Crippen LogP contribution in [0.15, 0.2) is 41.4 Å². The van der Waals surface area contributed by atoms with Crippen molar-refractivity contribution < 1.29 is 9.59 Å². The van der Waals surface area contributed by atoms with E-state index in [1.54, 1.807) is 0 Å². The van der Waals surface area contributed by atoms with E-state index in [-0.39, 0.29) is 11.8 Å². The molecule has 2 amide bonds. The van der Waals surface area contributed by atoms with Gasteiger partial charge in [0, 0.05) is 30.5 Å². The Morgan fingerprint density at radius 1 is 1.36 bits per heavy atom. The molecule has 22 heavy (non-hydrogen) atoms. The molecule has 1 fully saturated rings. The molecule has 0 atom stereocenters. The first kappa shape index (κ1) is 16.7. The topological polar surface area (TPSA) is 49.4 Å². The lowest BCUT2D eigenvalue weighted by atomic mass is 9.89. The molecule has 1 N–H and O–H groups in total. The highest BCUT2D eigenvalue weighted by molar-refractivity contribution is 9.10. The van der Waals surface area contributed by atoms with E-state index in [4.69, 9.17) is 0 Å². The minimum Gasteiger partial charge on any atom is -0.352 e. The Kier molecular flexibility index (Phi) is 6.19. The fourth-order valence-corrected chi connectivity index (χ4v) is 3.16. The summed E-state index contributed by atoms with van der Waals surface area (Å²) < 4.78 is 1.10. The van der Waals surface area contributed by atoms with E-state index in [9.17, 15) is 9.59 Å². The Morgan fingerprint density at radius 2 is 2.09 bits per heavy atom. The molecule has 1 saturated heterocycles. The molecule has 0 unspecified atom stereocenters. The van der Waals surface area contributed by atoms with Crippen molar-refractivity contribution in [2.24, 2.45) is 0 Å². The van der Waals surface area contributed by atoms with E-state index in [0.717, 1.165) is 30.4 Å². The van der Waals surface area contributed by atoms with Gasteiger partial charge in [-0.3, -0.25) is 9.59 Å². The van der Waals surface area contributed by atoms with E-state index in [1.807, 2.05) is 11.0 Å². The van der Waals surface area contributed by atoms with Crippen molar-refractivity contribution in [2.45, 2.75) is 25.2 Å². The van der Waals surface area contributed by atoms with Crippen LogP contribution in [0.25, 0.3) is 0 Å². The molecule has 1 aromatic carbocycles. The van der Waals surface area contributed by atoms with E-state index < -0.39 is 0 Å². The number of likely N-dealkylation sites (tertiary alicyclic amines) is 1. The summed E-state index contributed by atoms with van der Waals surface area (Å²) in [5.74, 6) is 0.389. The van der Waals surface area contributed by atoms with Crippen molar-refractivity contribution in [3.05, 3.63) is 47.0 Å². The molecule has 5 heteroatoms. The molecule has 0 spiro atoms. The zero-order valence-electron chi connectivity index (χ0n) is 12.6. The van der Waals surface area contributed by atoms with Gasteiger partial charge in [-0.05, 0) is 42.5 Å². The average molecular weight is 365 g/mol. The van der Waals surface area contributed by atoms with Gasteiger partial charge >= 0.3 is 0 Å². The van der Waals surface area contributed by atoms with Gasteiger partial charge in [0.25, 0.3) is 0 Å². The Morgan fingerprint density at radius 3 is 2.73 bits per heavy atom. The van der Waals surface area contributed by atoms with Gasteiger partial charge in [0.05, 0.1) is 0 Å². The molecule has 2 rings (SSSR count). The molecule has 0 aliphatic carbocycles.